The Hall–Kier alpha value is -1.59. The predicted molar refractivity (Wildman–Crippen MR) is 90.4 cm³/mol. The van der Waals surface area contributed by atoms with Crippen molar-refractivity contribution >= 4 is 29.3 Å². The van der Waals surface area contributed by atoms with Gasteiger partial charge in [-0.3, -0.25) is 4.79 Å². The molecule has 2 aromatic rings. The maximum atomic E-state index is 13.4. The minimum absolute atomic E-state index is 0.119. The molecule has 2 rings (SSSR count). The Kier molecular flexibility index (Phi) is 6.86. The van der Waals surface area contributed by atoms with Gasteiger partial charge in [-0.15, -0.1) is 0 Å². The van der Waals surface area contributed by atoms with E-state index in [1.807, 2.05) is 0 Å². The van der Waals surface area contributed by atoms with Gasteiger partial charge in [-0.2, -0.15) is 11.8 Å². The molecule has 0 saturated heterocycles. The van der Waals surface area contributed by atoms with Crippen molar-refractivity contribution in [3.63, 3.8) is 0 Å². The van der Waals surface area contributed by atoms with Crippen LogP contribution in [0.15, 0.2) is 42.5 Å². The number of carbonyl (C=O) groups is 1. The first-order chi connectivity index (χ1) is 11.1. The number of carbonyl (C=O) groups excluding carboxylic acids is 1. The molecule has 2 nitrogen and oxygen atoms in total. The molecule has 0 bridgehead atoms. The highest BCUT2D eigenvalue weighted by atomic mass is 35.5. The predicted octanol–water partition coefficient (Wildman–Crippen LogP) is 4.56. The summed E-state index contributed by atoms with van der Waals surface area (Å²) in [6, 6.07) is 10.7. The number of thioether (sulfide) groups is 1. The van der Waals surface area contributed by atoms with Crippen LogP contribution in [0.3, 0.4) is 0 Å². The summed E-state index contributed by atoms with van der Waals surface area (Å²) in [4.78, 5) is 11.8. The van der Waals surface area contributed by atoms with Crippen LogP contribution >= 0.6 is 23.4 Å². The van der Waals surface area contributed by atoms with Crippen LogP contribution in [0, 0.1) is 11.6 Å². The highest BCUT2D eigenvalue weighted by Gasteiger charge is 2.06. The van der Waals surface area contributed by atoms with Crippen molar-refractivity contribution in [3.8, 4) is 0 Å². The lowest BCUT2D eigenvalue weighted by molar-refractivity contribution is -0.120. The third-order valence-corrected chi connectivity index (χ3v) is 4.54. The summed E-state index contributed by atoms with van der Waals surface area (Å²) >= 11 is 7.39. The van der Waals surface area contributed by atoms with Gasteiger partial charge in [-0.1, -0.05) is 35.9 Å². The van der Waals surface area contributed by atoms with Crippen molar-refractivity contribution in [2.24, 2.45) is 0 Å². The molecule has 23 heavy (non-hydrogen) atoms. The fourth-order valence-corrected chi connectivity index (χ4v) is 3.07. The molecule has 0 unspecified atom stereocenters. The van der Waals surface area contributed by atoms with E-state index in [1.54, 1.807) is 24.3 Å². The Labute approximate surface area is 143 Å². The summed E-state index contributed by atoms with van der Waals surface area (Å²) in [5.74, 6) is 0.373. The van der Waals surface area contributed by atoms with E-state index in [0.29, 0.717) is 34.1 Å². The van der Waals surface area contributed by atoms with Crippen LogP contribution in [0.4, 0.5) is 8.78 Å². The molecular weight excluding hydrogens is 340 g/mol. The molecule has 0 heterocycles. The van der Waals surface area contributed by atoms with Gasteiger partial charge in [0.05, 0.1) is 0 Å². The van der Waals surface area contributed by atoms with Crippen molar-refractivity contribution in [1.29, 1.82) is 0 Å². The number of halogens is 3. The summed E-state index contributed by atoms with van der Waals surface area (Å²) in [7, 11) is 0. The summed E-state index contributed by atoms with van der Waals surface area (Å²) in [6.45, 7) is 0.260. The molecule has 0 aliphatic heterocycles. The van der Waals surface area contributed by atoms with E-state index in [-0.39, 0.29) is 18.3 Å². The second-order valence-electron chi connectivity index (χ2n) is 4.91. The minimum Gasteiger partial charge on any atom is -0.352 e. The Morgan fingerprint density at radius 1 is 1.13 bits per heavy atom. The van der Waals surface area contributed by atoms with Gasteiger partial charge in [0.1, 0.15) is 11.6 Å². The lowest BCUT2D eigenvalue weighted by Gasteiger charge is -2.07. The van der Waals surface area contributed by atoms with Gasteiger partial charge in [0, 0.05) is 29.5 Å². The standard InChI is InChI=1S/C17H16ClF2NOS/c18-15-9-14(19)6-5-12(15)10-21-17(22)7-8-23-11-13-3-1-2-4-16(13)20/h1-6,9H,7-8,10-11H2,(H,21,22). The molecule has 1 N–H and O–H groups in total. The number of hydrogen-bond donors (Lipinski definition) is 1. The van der Waals surface area contributed by atoms with Crippen molar-refractivity contribution in [1.82, 2.24) is 5.32 Å². The maximum Gasteiger partial charge on any atom is 0.221 e. The molecule has 0 aliphatic carbocycles. The normalized spacial score (nSPS) is 10.6. The highest BCUT2D eigenvalue weighted by molar-refractivity contribution is 7.98. The number of amides is 1. The molecule has 2 aromatic carbocycles. The fourth-order valence-electron chi connectivity index (χ4n) is 1.91. The van der Waals surface area contributed by atoms with Crippen LogP contribution in [-0.4, -0.2) is 11.7 Å². The third kappa shape index (κ3) is 5.84. The Morgan fingerprint density at radius 3 is 2.65 bits per heavy atom. The quantitative estimate of drug-likeness (QED) is 0.738. The average Bonchev–Trinajstić information content (AvgIpc) is 2.52. The Balaban J connectivity index is 1.68. The molecule has 0 saturated carbocycles. The van der Waals surface area contributed by atoms with Gasteiger partial charge in [-0.05, 0) is 29.3 Å². The zero-order valence-corrected chi connectivity index (χ0v) is 13.9. The van der Waals surface area contributed by atoms with Crippen LogP contribution < -0.4 is 5.32 Å². The SMILES string of the molecule is O=C(CCSCc1ccccc1F)NCc1ccc(F)cc1Cl. The first kappa shape index (κ1) is 17.8. The highest BCUT2D eigenvalue weighted by Crippen LogP contribution is 2.18. The largest absolute Gasteiger partial charge is 0.352 e. The van der Waals surface area contributed by atoms with Crippen LogP contribution in [0.2, 0.25) is 5.02 Å². The first-order valence-corrected chi connectivity index (χ1v) is 8.61. The lowest BCUT2D eigenvalue weighted by atomic mass is 10.2. The van der Waals surface area contributed by atoms with Gasteiger partial charge in [0.2, 0.25) is 5.91 Å². The van der Waals surface area contributed by atoms with E-state index in [2.05, 4.69) is 5.32 Å². The third-order valence-electron chi connectivity index (χ3n) is 3.18. The number of nitrogens with one attached hydrogen (secondary N) is 1. The molecule has 0 fully saturated rings. The zero-order chi connectivity index (χ0) is 16.7. The Bertz CT molecular complexity index is 681. The Morgan fingerprint density at radius 2 is 1.91 bits per heavy atom. The molecule has 122 valence electrons. The molecule has 0 atom stereocenters. The summed E-state index contributed by atoms with van der Waals surface area (Å²) in [5, 5.41) is 3.03. The molecule has 0 aliphatic rings. The van der Waals surface area contributed by atoms with Gasteiger partial charge in [0.15, 0.2) is 0 Å². The number of benzene rings is 2. The number of hydrogen-bond acceptors (Lipinski definition) is 2. The summed E-state index contributed by atoms with van der Waals surface area (Å²) in [5.41, 5.74) is 1.30. The fraction of sp³-hybridized carbons (Fsp3) is 0.235. The van der Waals surface area contributed by atoms with E-state index in [9.17, 15) is 13.6 Å². The van der Waals surface area contributed by atoms with Crippen LogP contribution in [0.25, 0.3) is 0 Å². The topological polar surface area (TPSA) is 29.1 Å². The zero-order valence-electron chi connectivity index (χ0n) is 12.3. The summed E-state index contributed by atoms with van der Waals surface area (Å²) in [6.07, 6.45) is 0.331. The van der Waals surface area contributed by atoms with Gasteiger partial charge < -0.3 is 5.32 Å². The molecule has 0 radical (unpaired) electrons. The molecular formula is C17H16ClF2NOS. The molecule has 0 aromatic heterocycles. The van der Waals surface area contributed by atoms with Gasteiger partial charge >= 0.3 is 0 Å². The smallest absolute Gasteiger partial charge is 0.221 e. The van der Waals surface area contributed by atoms with Crippen molar-refractivity contribution in [2.45, 2.75) is 18.7 Å². The first-order valence-electron chi connectivity index (χ1n) is 7.08. The lowest BCUT2D eigenvalue weighted by Crippen LogP contribution is -2.23. The average molecular weight is 356 g/mol. The van der Waals surface area contributed by atoms with Crippen LogP contribution in [0.1, 0.15) is 17.5 Å². The second-order valence-corrected chi connectivity index (χ2v) is 6.42. The number of rotatable bonds is 7. The van der Waals surface area contributed by atoms with Crippen molar-refractivity contribution in [3.05, 3.63) is 70.2 Å². The van der Waals surface area contributed by atoms with Crippen LogP contribution in [-0.2, 0) is 17.1 Å². The molecule has 6 heteroatoms. The second kappa shape index (κ2) is 8.89. The van der Waals surface area contributed by atoms with E-state index >= 15 is 0 Å². The minimum atomic E-state index is -0.408. The van der Waals surface area contributed by atoms with Gasteiger partial charge in [-0.25, -0.2) is 8.78 Å². The van der Waals surface area contributed by atoms with Crippen molar-refractivity contribution in [2.75, 3.05) is 5.75 Å². The van der Waals surface area contributed by atoms with E-state index in [0.717, 1.165) is 0 Å². The summed E-state index contributed by atoms with van der Waals surface area (Å²) < 4.78 is 26.3. The van der Waals surface area contributed by atoms with E-state index in [4.69, 9.17) is 11.6 Å². The van der Waals surface area contributed by atoms with Crippen LogP contribution in [0.5, 0.6) is 0 Å². The molecule has 0 spiro atoms. The molecule has 1 amide bonds. The van der Waals surface area contributed by atoms with Crippen molar-refractivity contribution < 1.29 is 13.6 Å². The van der Waals surface area contributed by atoms with Gasteiger partial charge in [0.25, 0.3) is 0 Å². The van der Waals surface area contributed by atoms with E-state index in [1.165, 1.54) is 30.0 Å². The maximum absolute atomic E-state index is 13.4. The van der Waals surface area contributed by atoms with E-state index < -0.39 is 5.82 Å². The monoisotopic (exact) mass is 355 g/mol.